The highest BCUT2D eigenvalue weighted by Crippen LogP contribution is 2.51. The first-order valence-electron chi connectivity index (χ1n) is 10.1. The molecule has 1 heterocycles. The number of benzene rings is 2. The quantitative estimate of drug-likeness (QED) is 0.0919. The molecule has 0 aliphatic carbocycles. The van der Waals surface area contributed by atoms with Crippen molar-refractivity contribution in [2.75, 3.05) is 11.1 Å². The molecule has 0 atom stereocenters. The number of amides is 1. The first-order chi connectivity index (χ1) is 16.7. The second kappa shape index (κ2) is 10.0. The summed E-state index contributed by atoms with van der Waals surface area (Å²) in [6.07, 6.45) is -1.75. The lowest BCUT2D eigenvalue weighted by Gasteiger charge is -2.32. The number of carbonyl (C=O) groups is 1. The van der Waals surface area contributed by atoms with Gasteiger partial charge >= 0.3 is 0 Å². The van der Waals surface area contributed by atoms with Crippen LogP contribution in [0.2, 0.25) is 0 Å². The summed E-state index contributed by atoms with van der Waals surface area (Å²) in [4.78, 5) is 16.1. The van der Waals surface area contributed by atoms with Crippen molar-refractivity contribution in [1.29, 1.82) is 0 Å². The Hall–Kier alpha value is -3.86. The van der Waals surface area contributed by atoms with Crippen molar-refractivity contribution in [2.24, 2.45) is 0 Å². The molecule has 3 aromatic rings. The van der Waals surface area contributed by atoms with Crippen LogP contribution in [0.15, 0.2) is 29.6 Å². The minimum atomic E-state index is -3.19. The average Bonchev–Trinajstić information content (AvgIpc) is 3.18. The highest BCUT2D eigenvalue weighted by atomic mass is 32.1. The Kier molecular flexibility index (Phi) is 7.44. The molecule has 1 aromatic heterocycles. The molecule has 0 saturated heterocycles. The van der Waals surface area contributed by atoms with Crippen LogP contribution in [-0.2, 0) is 24.1 Å². The van der Waals surface area contributed by atoms with Crippen molar-refractivity contribution in [1.82, 2.24) is 10.3 Å². The number of thiazole rings is 1. The zero-order chi connectivity index (χ0) is 26.8. The third-order valence-corrected chi connectivity index (χ3v) is 5.61. The van der Waals surface area contributed by atoms with Crippen LogP contribution in [0.5, 0.6) is 28.7 Å². The molecule has 0 fully saturated rings. The highest BCUT2D eigenvalue weighted by molar-refractivity contribution is 7.13. The summed E-state index contributed by atoms with van der Waals surface area (Å²) in [7, 11) is 0. The molecule has 14 nitrogen and oxygen atoms in total. The van der Waals surface area contributed by atoms with Gasteiger partial charge in [-0.1, -0.05) is 12.1 Å². The number of hydrogen-bond acceptors (Lipinski definition) is 14. The van der Waals surface area contributed by atoms with Crippen LogP contribution < -0.4 is 16.4 Å². The van der Waals surface area contributed by atoms with Crippen molar-refractivity contribution in [2.45, 2.75) is 31.1 Å². The van der Waals surface area contributed by atoms with Gasteiger partial charge < -0.3 is 57.0 Å². The first-order valence-corrected chi connectivity index (χ1v) is 11.0. The Labute approximate surface area is 206 Å². The Morgan fingerprint density at radius 3 is 1.92 bits per heavy atom. The second-order valence-electron chi connectivity index (χ2n) is 7.93. The van der Waals surface area contributed by atoms with Crippen LogP contribution >= 0.6 is 11.3 Å². The molecule has 0 saturated carbocycles. The summed E-state index contributed by atoms with van der Waals surface area (Å²) in [5.74, 6) is -12.5. The molecule has 36 heavy (non-hydrogen) atoms. The van der Waals surface area contributed by atoms with E-state index in [0.29, 0.717) is 22.1 Å². The molecule has 194 valence electrons. The van der Waals surface area contributed by atoms with E-state index < -0.39 is 59.0 Å². The van der Waals surface area contributed by atoms with Crippen LogP contribution in [0, 0.1) is 0 Å². The number of rotatable bonds is 9. The van der Waals surface area contributed by atoms with Gasteiger partial charge in [0, 0.05) is 23.9 Å². The van der Waals surface area contributed by atoms with Crippen molar-refractivity contribution in [3.05, 3.63) is 46.5 Å². The zero-order valence-corrected chi connectivity index (χ0v) is 19.2. The van der Waals surface area contributed by atoms with Crippen LogP contribution in [0.1, 0.15) is 16.8 Å². The number of anilines is 2. The predicted molar refractivity (Wildman–Crippen MR) is 125 cm³/mol. The lowest BCUT2D eigenvalue weighted by Crippen LogP contribution is -2.60. The van der Waals surface area contributed by atoms with Gasteiger partial charge in [-0.05, 0) is 17.7 Å². The second-order valence-corrected chi connectivity index (χ2v) is 8.82. The smallest absolute Gasteiger partial charge is 0.230 e. The predicted octanol–water partition coefficient (Wildman–Crippen LogP) is -0.914. The number of carbonyl (C=O) groups excluding carboxylic acids is 1. The highest BCUT2D eigenvalue weighted by Gasteiger charge is 2.38. The van der Waals surface area contributed by atoms with Gasteiger partial charge in [-0.25, -0.2) is 10.3 Å². The number of nitrogens with two attached hydrogens (primary N) is 1. The molecule has 15 heteroatoms. The van der Waals surface area contributed by atoms with Gasteiger partial charge in [0.25, 0.3) is 0 Å². The fourth-order valence-electron chi connectivity index (χ4n) is 3.32. The fraction of sp³-hybridized carbons (Fsp3) is 0.238. The van der Waals surface area contributed by atoms with E-state index in [4.69, 9.17) is 5.73 Å². The minimum absolute atomic E-state index is 0.00648. The molecule has 3 rings (SSSR count). The summed E-state index contributed by atoms with van der Waals surface area (Å²) in [5, 5.41) is 95.4. The Morgan fingerprint density at radius 2 is 1.39 bits per heavy atom. The maximum absolute atomic E-state index is 12.1. The third-order valence-electron chi connectivity index (χ3n) is 4.89. The number of aliphatic hydroxyl groups is 4. The van der Waals surface area contributed by atoms with Gasteiger partial charge in [0.2, 0.25) is 35.0 Å². The van der Waals surface area contributed by atoms with Crippen molar-refractivity contribution in [3.8, 4) is 28.7 Å². The third kappa shape index (κ3) is 6.42. The van der Waals surface area contributed by atoms with Gasteiger partial charge in [0.15, 0.2) is 16.6 Å². The van der Waals surface area contributed by atoms with E-state index in [-0.39, 0.29) is 12.3 Å². The van der Waals surface area contributed by atoms with Gasteiger partial charge in [-0.15, -0.1) is 11.3 Å². The summed E-state index contributed by atoms with van der Waals surface area (Å²) >= 11 is 1.21. The van der Waals surface area contributed by atoms with Crippen molar-refractivity contribution in [3.63, 3.8) is 0 Å². The molecule has 2 aromatic carbocycles. The lowest BCUT2D eigenvalue weighted by atomic mass is 10.0. The maximum atomic E-state index is 12.1. The summed E-state index contributed by atoms with van der Waals surface area (Å²) in [6.45, 7) is 0. The largest absolute Gasteiger partial charge is 0.504 e. The summed E-state index contributed by atoms with van der Waals surface area (Å²) < 4.78 is 0. The monoisotopic (exact) mass is 524 g/mol. The van der Waals surface area contributed by atoms with Crippen LogP contribution in [-0.4, -0.2) is 68.7 Å². The number of aromatic nitrogens is 1. The number of nitrogens with one attached hydrogen (secondary N) is 2. The maximum Gasteiger partial charge on any atom is 0.230 e. The van der Waals surface area contributed by atoms with E-state index in [1.807, 2.05) is 0 Å². The lowest BCUT2D eigenvalue weighted by molar-refractivity contribution is -0.284. The van der Waals surface area contributed by atoms with Gasteiger partial charge in [0.1, 0.15) is 0 Å². The number of nitrogen functional groups attached to an aromatic ring is 1. The van der Waals surface area contributed by atoms with Crippen LogP contribution in [0.3, 0.4) is 0 Å². The Balaban J connectivity index is 1.63. The Bertz CT molecular complexity index is 1230. The number of aromatic hydroxyl groups is 5. The number of nitrogens with zero attached hydrogens (tertiary/aromatic N) is 1. The molecule has 0 unspecified atom stereocenters. The van der Waals surface area contributed by atoms with E-state index in [0.717, 1.165) is 0 Å². The topological polar surface area (TPSA) is 262 Å². The van der Waals surface area contributed by atoms with E-state index in [1.165, 1.54) is 35.6 Å². The zero-order valence-electron chi connectivity index (χ0n) is 18.4. The van der Waals surface area contributed by atoms with E-state index in [2.05, 4.69) is 10.3 Å². The Morgan fingerprint density at radius 1 is 0.861 bits per heavy atom. The molecule has 0 bridgehead atoms. The summed E-state index contributed by atoms with van der Waals surface area (Å²) in [5.41, 5.74) is 5.92. The standard InChI is InChI=1S/C21H24N4O10S/c22-19-24-11(8-36-19)5-13(26)23-10-3-1-9(2-4-10)6-20(32,33)25-21(34,35)7-12-14(27)16(29)18(31)17(30)15(12)28/h1-4,8,25,27-35H,5-7H2,(H2,22,24)(H,23,26). The summed E-state index contributed by atoms with van der Waals surface area (Å²) in [6, 6.07) is 5.82. The van der Waals surface area contributed by atoms with Crippen molar-refractivity contribution >= 4 is 28.1 Å². The van der Waals surface area contributed by atoms with Gasteiger partial charge in [-0.3, -0.25) is 4.79 Å². The van der Waals surface area contributed by atoms with E-state index in [1.54, 1.807) is 10.7 Å². The number of phenolic OH excluding ortho intramolecular Hbond substituents is 5. The van der Waals surface area contributed by atoms with Gasteiger partial charge in [-0.2, -0.15) is 0 Å². The first kappa shape index (κ1) is 26.7. The average molecular weight is 525 g/mol. The molecule has 1 amide bonds. The molecule has 0 aliphatic heterocycles. The van der Waals surface area contributed by atoms with Gasteiger partial charge in [0.05, 0.1) is 17.7 Å². The number of hydrogen-bond donors (Lipinski definition) is 12. The molecule has 0 radical (unpaired) electrons. The molecule has 13 N–H and O–H groups in total. The number of phenols is 5. The van der Waals surface area contributed by atoms with E-state index >= 15 is 0 Å². The van der Waals surface area contributed by atoms with Crippen molar-refractivity contribution < 1.29 is 50.8 Å². The molecular weight excluding hydrogens is 500 g/mol. The normalized spacial score (nSPS) is 12.0. The van der Waals surface area contributed by atoms with Crippen LogP contribution in [0.4, 0.5) is 10.8 Å². The fourth-order valence-corrected chi connectivity index (χ4v) is 3.88. The molecule has 0 aliphatic rings. The molecule has 0 spiro atoms. The SMILES string of the molecule is Nc1nc(CC(=O)Nc2ccc(CC(O)(O)NC(O)(O)Cc3c(O)c(O)c(O)c(O)c3O)cc2)cs1. The molecular formula is C21H24N4O10S. The van der Waals surface area contributed by atoms with Crippen LogP contribution in [0.25, 0.3) is 0 Å². The van der Waals surface area contributed by atoms with E-state index in [9.17, 15) is 50.8 Å². The minimum Gasteiger partial charge on any atom is -0.504 e.